The summed E-state index contributed by atoms with van der Waals surface area (Å²) in [6.07, 6.45) is 3.21. The average molecular weight is 316 g/mol. The number of nitrogens with one attached hydrogen (secondary N) is 2. The summed E-state index contributed by atoms with van der Waals surface area (Å²) in [6.45, 7) is 1.71. The highest BCUT2D eigenvalue weighted by Crippen LogP contribution is 2.11. The van der Waals surface area contributed by atoms with Crippen LogP contribution in [0.2, 0.25) is 0 Å². The highest BCUT2D eigenvalue weighted by molar-refractivity contribution is 5.88. The average Bonchev–Trinajstić information content (AvgIpc) is 3.05. The van der Waals surface area contributed by atoms with E-state index in [1.54, 1.807) is 13.1 Å². The molecule has 0 aliphatic heterocycles. The van der Waals surface area contributed by atoms with Crippen molar-refractivity contribution in [3.8, 4) is 0 Å². The monoisotopic (exact) mass is 316 g/mol. The van der Waals surface area contributed by atoms with Gasteiger partial charge in [0.05, 0.1) is 6.33 Å². The predicted octanol–water partition coefficient (Wildman–Crippen LogP) is 1.36. The summed E-state index contributed by atoms with van der Waals surface area (Å²) in [5, 5.41) is 12.5. The molecule has 1 aromatic heterocycles. The van der Waals surface area contributed by atoms with Crippen molar-refractivity contribution in [2.75, 3.05) is 12.4 Å². The standard InChI is InChI=1S/C16H20N4O3/c1-11(19-12-6-4-3-5-7-12)15(21)20(2)14(16(22)23)8-13-9-17-10-18-13/h3-7,9-11,14,19H,8H2,1-2H3,(H,17,18)(H,22,23)/t11-,14-/m0/s1. The van der Waals surface area contributed by atoms with Gasteiger partial charge in [-0.05, 0) is 19.1 Å². The number of benzene rings is 1. The van der Waals surface area contributed by atoms with E-state index in [0.717, 1.165) is 5.69 Å². The molecule has 0 fully saturated rings. The normalized spacial score (nSPS) is 13.1. The minimum absolute atomic E-state index is 0.176. The molecule has 2 aromatic rings. The molecule has 0 spiro atoms. The molecule has 0 radical (unpaired) electrons. The number of hydrogen-bond donors (Lipinski definition) is 3. The minimum Gasteiger partial charge on any atom is -0.480 e. The van der Waals surface area contributed by atoms with Gasteiger partial charge in [0.15, 0.2) is 0 Å². The zero-order valence-electron chi connectivity index (χ0n) is 13.1. The molecule has 0 aliphatic rings. The molecule has 1 aromatic carbocycles. The quantitative estimate of drug-likeness (QED) is 0.716. The van der Waals surface area contributed by atoms with E-state index in [1.807, 2.05) is 30.3 Å². The largest absolute Gasteiger partial charge is 0.480 e. The second-order valence-corrected chi connectivity index (χ2v) is 5.32. The van der Waals surface area contributed by atoms with Gasteiger partial charge < -0.3 is 20.3 Å². The first kappa shape index (κ1) is 16.5. The van der Waals surface area contributed by atoms with Crippen LogP contribution in [0.5, 0.6) is 0 Å². The first-order valence-electron chi connectivity index (χ1n) is 7.27. The van der Waals surface area contributed by atoms with Crippen molar-refractivity contribution in [1.29, 1.82) is 0 Å². The maximum absolute atomic E-state index is 12.5. The zero-order chi connectivity index (χ0) is 16.8. The van der Waals surface area contributed by atoms with Gasteiger partial charge in [0.1, 0.15) is 12.1 Å². The smallest absolute Gasteiger partial charge is 0.326 e. The summed E-state index contributed by atoms with van der Waals surface area (Å²) in [7, 11) is 1.50. The Morgan fingerprint density at radius 3 is 2.61 bits per heavy atom. The van der Waals surface area contributed by atoms with Gasteiger partial charge in [-0.25, -0.2) is 9.78 Å². The summed E-state index contributed by atoms with van der Waals surface area (Å²) in [5.41, 5.74) is 1.47. The van der Waals surface area contributed by atoms with Crippen molar-refractivity contribution >= 4 is 17.6 Å². The molecule has 0 unspecified atom stereocenters. The van der Waals surface area contributed by atoms with Gasteiger partial charge in [0.2, 0.25) is 5.91 Å². The van der Waals surface area contributed by atoms with E-state index in [4.69, 9.17) is 0 Å². The lowest BCUT2D eigenvalue weighted by molar-refractivity contribution is -0.149. The number of aromatic nitrogens is 2. The van der Waals surface area contributed by atoms with Crippen LogP contribution in [0.1, 0.15) is 12.6 Å². The number of rotatable bonds is 7. The Morgan fingerprint density at radius 2 is 2.04 bits per heavy atom. The predicted molar refractivity (Wildman–Crippen MR) is 86.0 cm³/mol. The molecule has 122 valence electrons. The molecule has 1 amide bonds. The van der Waals surface area contributed by atoms with Crippen LogP contribution in [-0.2, 0) is 16.0 Å². The molecule has 23 heavy (non-hydrogen) atoms. The molecule has 2 rings (SSSR count). The van der Waals surface area contributed by atoms with Crippen molar-refractivity contribution in [3.05, 3.63) is 48.5 Å². The van der Waals surface area contributed by atoms with Gasteiger partial charge in [-0.3, -0.25) is 4.79 Å². The topological polar surface area (TPSA) is 98.3 Å². The van der Waals surface area contributed by atoms with Gasteiger partial charge in [-0.15, -0.1) is 0 Å². The van der Waals surface area contributed by atoms with Crippen LogP contribution in [0.3, 0.4) is 0 Å². The lowest BCUT2D eigenvalue weighted by Crippen LogP contribution is -2.49. The fourth-order valence-electron chi connectivity index (χ4n) is 2.30. The fourth-order valence-corrected chi connectivity index (χ4v) is 2.30. The van der Waals surface area contributed by atoms with Crippen LogP contribution < -0.4 is 5.32 Å². The van der Waals surface area contributed by atoms with Crippen LogP contribution >= 0.6 is 0 Å². The number of likely N-dealkylation sites (N-methyl/N-ethyl adjacent to an activating group) is 1. The van der Waals surface area contributed by atoms with Crippen LogP contribution in [0.15, 0.2) is 42.9 Å². The molecule has 1 heterocycles. The Bertz CT molecular complexity index is 643. The van der Waals surface area contributed by atoms with E-state index in [1.165, 1.54) is 18.3 Å². The molecule has 0 aliphatic carbocycles. The van der Waals surface area contributed by atoms with E-state index in [2.05, 4.69) is 15.3 Å². The Balaban J connectivity index is 2.04. The van der Waals surface area contributed by atoms with Crippen molar-refractivity contribution in [2.45, 2.75) is 25.4 Å². The van der Waals surface area contributed by atoms with Gasteiger partial charge in [-0.1, -0.05) is 18.2 Å². The lowest BCUT2D eigenvalue weighted by atomic mass is 10.1. The number of aliphatic carboxylic acids is 1. The van der Waals surface area contributed by atoms with E-state index in [0.29, 0.717) is 5.69 Å². The number of para-hydroxylation sites is 1. The Labute approximate surface area is 134 Å². The molecule has 0 saturated carbocycles. The number of imidazole rings is 1. The summed E-state index contributed by atoms with van der Waals surface area (Å²) in [6, 6.07) is 7.82. The number of carbonyl (C=O) groups is 2. The highest BCUT2D eigenvalue weighted by atomic mass is 16.4. The van der Waals surface area contributed by atoms with Crippen molar-refractivity contribution in [1.82, 2.24) is 14.9 Å². The van der Waals surface area contributed by atoms with Crippen LogP contribution in [0, 0.1) is 0 Å². The van der Waals surface area contributed by atoms with Crippen molar-refractivity contribution in [3.63, 3.8) is 0 Å². The number of nitrogens with zero attached hydrogens (tertiary/aromatic N) is 2. The van der Waals surface area contributed by atoms with Crippen molar-refractivity contribution in [2.24, 2.45) is 0 Å². The second kappa shape index (κ2) is 7.44. The SMILES string of the molecule is C[C@H](Nc1ccccc1)C(=O)N(C)[C@@H](Cc1cnc[nH]1)C(=O)O. The Morgan fingerprint density at radius 1 is 1.35 bits per heavy atom. The molecule has 3 N–H and O–H groups in total. The number of amides is 1. The maximum Gasteiger partial charge on any atom is 0.326 e. The van der Waals surface area contributed by atoms with Crippen LogP contribution in [0.25, 0.3) is 0 Å². The van der Waals surface area contributed by atoms with Crippen LogP contribution in [-0.4, -0.2) is 51.0 Å². The van der Waals surface area contributed by atoms with E-state index < -0.39 is 18.1 Å². The zero-order valence-corrected chi connectivity index (χ0v) is 13.1. The van der Waals surface area contributed by atoms with Crippen molar-refractivity contribution < 1.29 is 14.7 Å². The number of aromatic amines is 1. The van der Waals surface area contributed by atoms with Gasteiger partial charge >= 0.3 is 5.97 Å². The summed E-state index contributed by atoms with van der Waals surface area (Å²) >= 11 is 0. The second-order valence-electron chi connectivity index (χ2n) is 5.32. The first-order chi connectivity index (χ1) is 11.0. The summed E-state index contributed by atoms with van der Waals surface area (Å²) in [5.74, 6) is -1.34. The molecule has 0 bridgehead atoms. The fraction of sp³-hybridized carbons (Fsp3) is 0.312. The number of carboxylic acids is 1. The Hall–Kier alpha value is -2.83. The third-order valence-electron chi connectivity index (χ3n) is 3.60. The summed E-state index contributed by atoms with van der Waals surface area (Å²) < 4.78 is 0. The van der Waals surface area contributed by atoms with E-state index in [-0.39, 0.29) is 12.3 Å². The van der Waals surface area contributed by atoms with E-state index >= 15 is 0 Å². The molecule has 7 heteroatoms. The maximum atomic E-state index is 12.5. The third kappa shape index (κ3) is 4.32. The number of anilines is 1. The molecular formula is C16H20N4O3. The number of carbonyl (C=O) groups excluding carboxylic acids is 1. The first-order valence-corrected chi connectivity index (χ1v) is 7.27. The minimum atomic E-state index is -1.05. The Kier molecular flexibility index (Phi) is 5.35. The molecular weight excluding hydrogens is 296 g/mol. The van der Waals surface area contributed by atoms with E-state index in [9.17, 15) is 14.7 Å². The number of hydrogen-bond acceptors (Lipinski definition) is 4. The van der Waals surface area contributed by atoms with Gasteiger partial charge in [-0.2, -0.15) is 0 Å². The third-order valence-corrected chi connectivity index (χ3v) is 3.60. The lowest BCUT2D eigenvalue weighted by Gasteiger charge is -2.28. The molecule has 2 atom stereocenters. The summed E-state index contributed by atoms with van der Waals surface area (Å²) in [4.78, 5) is 32.0. The number of H-pyrrole nitrogens is 1. The number of carboxylic acid groups (broad SMARTS) is 1. The molecule has 0 saturated heterocycles. The van der Waals surface area contributed by atoms with Crippen LogP contribution in [0.4, 0.5) is 5.69 Å². The molecule has 7 nitrogen and oxygen atoms in total. The highest BCUT2D eigenvalue weighted by Gasteiger charge is 2.29. The van der Waals surface area contributed by atoms with Gasteiger partial charge in [0, 0.05) is 31.0 Å². The van der Waals surface area contributed by atoms with Gasteiger partial charge in [0.25, 0.3) is 0 Å².